The van der Waals surface area contributed by atoms with E-state index >= 15 is 0 Å². The van der Waals surface area contributed by atoms with Gasteiger partial charge in [-0.2, -0.15) is 4.68 Å². The zero-order valence-electron chi connectivity index (χ0n) is 13.2. The molecule has 0 radical (unpaired) electrons. The molecule has 2 aliphatic carbocycles. The van der Waals surface area contributed by atoms with Crippen molar-refractivity contribution in [3.8, 4) is 5.69 Å². The number of nitrogens with zero attached hydrogens (tertiary/aromatic N) is 4. The summed E-state index contributed by atoms with van der Waals surface area (Å²) >= 11 is 0. The standard InChI is InChI=1S/C17H21N5O/c1-11(15-9-12-6-7-13(15)8-12)19-17(23)14-4-2-3-5-16(14)22-10-18-20-21-22/h2-5,10-13,15H,6-9H2,1H3,(H,19,23)/t11-,12+,13+,15-/m1/s1. The van der Waals surface area contributed by atoms with Gasteiger partial charge in [-0.15, -0.1) is 5.10 Å². The lowest BCUT2D eigenvalue weighted by Crippen LogP contribution is -2.40. The van der Waals surface area contributed by atoms with Gasteiger partial charge < -0.3 is 5.32 Å². The minimum absolute atomic E-state index is 0.0497. The summed E-state index contributed by atoms with van der Waals surface area (Å²) in [5, 5.41) is 14.4. The van der Waals surface area contributed by atoms with Crippen molar-refractivity contribution >= 4 is 5.91 Å². The Morgan fingerprint density at radius 3 is 2.87 bits per heavy atom. The molecule has 4 rings (SSSR count). The van der Waals surface area contributed by atoms with Crippen LogP contribution in [0.1, 0.15) is 43.0 Å². The van der Waals surface area contributed by atoms with E-state index in [0.29, 0.717) is 17.2 Å². The zero-order chi connectivity index (χ0) is 15.8. The Morgan fingerprint density at radius 1 is 1.30 bits per heavy atom. The summed E-state index contributed by atoms with van der Waals surface area (Å²) in [6.45, 7) is 2.14. The van der Waals surface area contributed by atoms with E-state index in [4.69, 9.17) is 0 Å². The molecule has 1 heterocycles. The minimum Gasteiger partial charge on any atom is -0.349 e. The van der Waals surface area contributed by atoms with Gasteiger partial charge in [-0.3, -0.25) is 4.79 Å². The third-order valence-electron chi connectivity index (χ3n) is 5.54. The molecule has 1 amide bonds. The third-order valence-corrected chi connectivity index (χ3v) is 5.54. The summed E-state index contributed by atoms with van der Waals surface area (Å²) < 4.78 is 1.52. The highest BCUT2D eigenvalue weighted by Crippen LogP contribution is 2.49. The van der Waals surface area contributed by atoms with Gasteiger partial charge in [-0.05, 0) is 66.5 Å². The first-order valence-electron chi connectivity index (χ1n) is 8.35. The van der Waals surface area contributed by atoms with Gasteiger partial charge in [0, 0.05) is 6.04 Å². The highest BCUT2D eigenvalue weighted by molar-refractivity contribution is 5.97. The molecule has 1 aromatic heterocycles. The fraction of sp³-hybridized carbons (Fsp3) is 0.529. The number of para-hydroxylation sites is 1. The van der Waals surface area contributed by atoms with Crippen LogP contribution >= 0.6 is 0 Å². The largest absolute Gasteiger partial charge is 0.349 e. The lowest BCUT2D eigenvalue weighted by Gasteiger charge is -2.28. The van der Waals surface area contributed by atoms with E-state index < -0.39 is 0 Å². The Morgan fingerprint density at radius 2 is 2.17 bits per heavy atom. The summed E-state index contributed by atoms with van der Waals surface area (Å²) in [6, 6.07) is 7.63. The number of fused-ring (bicyclic) bond motifs is 2. The quantitative estimate of drug-likeness (QED) is 0.939. The molecule has 2 saturated carbocycles. The molecule has 0 unspecified atom stereocenters. The van der Waals surface area contributed by atoms with Gasteiger partial charge >= 0.3 is 0 Å². The number of aromatic nitrogens is 4. The Kier molecular flexibility index (Phi) is 3.59. The molecule has 0 saturated heterocycles. The fourth-order valence-corrected chi connectivity index (χ4v) is 4.43. The summed E-state index contributed by atoms with van der Waals surface area (Å²) in [4.78, 5) is 12.7. The maximum absolute atomic E-state index is 12.7. The second-order valence-electron chi connectivity index (χ2n) is 6.87. The second-order valence-corrected chi connectivity index (χ2v) is 6.87. The minimum atomic E-state index is -0.0497. The van der Waals surface area contributed by atoms with E-state index in [0.717, 1.165) is 11.8 Å². The fourth-order valence-electron chi connectivity index (χ4n) is 4.43. The SMILES string of the molecule is C[C@@H](NC(=O)c1ccccc1-n1cnnn1)[C@H]1C[C@H]2CC[C@H]1C2. The van der Waals surface area contributed by atoms with Crippen molar-refractivity contribution in [1.29, 1.82) is 0 Å². The molecule has 6 nitrogen and oxygen atoms in total. The van der Waals surface area contributed by atoms with Crippen molar-refractivity contribution in [2.24, 2.45) is 17.8 Å². The van der Waals surface area contributed by atoms with Crippen LogP contribution in [-0.4, -0.2) is 32.2 Å². The number of benzene rings is 1. The van der Waals surface area contributed by atoms with E-state index in [2.05, 4.69) is 27.8 Å². The summed E-state index contributed by atoms with van der Waals surface area (Å²) in [5.41, 5.74) is 1.31. The number of tetrazole rings is 1. The normalized spacial score (nSPS) is 27.1. The van der Waals surface area contributed by atoms with Crippen molar-refractivity contribution in [2.45, 2.75) is 38.6 Å². The molecule has 6 heteroatoms. The highest BCUT2D eigenvalue weighted by Gasteiger charge is 2.42. The van der Waals surface area contributed by atoms with Gasteiger partial charge in [0.15, 0.2) is 0 Å². The van der Waals surface area contributed by atoms with Crippen LogP contribution in [0, 0.1) is 17.8 Å². The molecule has 0 spiro atoms. The topological polar surface area (TPSA) is 72.7 Å². The van der Waals surface area contributed by atoms with Crippen molar-refractivity contribution in [2.75, 3.05) is 0 Å². The molecule has 4 atom stereocenters. The number of carbonyl (C=O) groups excluding carboxylic acids is 1. The van der Waals surface area contributed by atoms with Gasteiger partial charge in [0.2, 0.25) is 0 Å². The first-order valence-corrected chi connectivity index (χ1v) is 8.35. The molecule has 2 bridgehead atoms. The highest BCUT2D eigenvalue weighted by atomic mass is 16.1. The third kappa shape index (κ3) is 2.62. The van der Waals surface area contributed by atoms with Gasteiger partial charge in [-0.1, -0.05) is 18.6 Å². The lowest BCUT2D eigenvalue weighted by molar-refractivity contribution is 0.0915. The van der Waals surface area contributed by atoms with Crippen LogP contribution in [0.25, 0.3) is 5.69 Å². The maximum atomic E-state index is 12.7. The molecule has 2 fully saturated rings. The summed E-state index contributed by atoms with van der Waals surface area (Å²) in [6.07, 6.45) is 6.83. The number of amides is 1. The Labute approximate surface area is 135 Å². The first-order chi connectivity index (χ1) is 11.2. The van der Waals surface area contributed by atoms with Crippen LogP contribution in [0.5, 0.6) is 0 Å². The lowest BCUT2D eigenvalue weighted by atomic mass is 9.84. The van der Waals surface area contributed by atoms with Gasteiger partial charge in [0.1, 0.15) is 6.33 Å². The van der Waals surface area contributed by atoms with Crippen LogP contribution in [0.2, 0.25) is 0 Å². The number of rotatable bonds is 4. The van der Waals surface area contributed by atoms with Gasteiger partial charge in [0.05, 0.1) is 11.3 Å². The van der Waals surface area contributed by atoms with Gasteiger partial charge in [0.25, 0.3) is 5.91 Å². The summed E-state index contributed by atoms with van der Waals surface area (Å²) in [5.74, 6) is 2.26. The van der Waals surface area contributed by atoms with Crippen molar-refractivity contribution in [3.05, 3.63) is 36.2 Å². The average molecular weight is 311 g/mol. The van der Waals surface area contributed by atoms with E-state index in [1.807, 2.05) is 24.3 Å². The van der Waals surface area contributed by atoms with Crippen LogP contribution in [0.3, 0.4) is 0 Å². The first kappa shape index (κ1) is 14.4. The van der Waals surface area contributed by atoms with E-state index in [1.54, 1.807) is 0 Å². The molecule has 2 aliphatic rings. The summed E-state index contributed by atoms with van der Waals surface area (Å²) in [7, 11) is 0. The van der Waals surface area contributed by atoms with Crippen LogP contribution < -0.4 is 5.32 Å². The Balaban J connectivity index is 1.51. The average Bonchev–Trinajstić information content (AvgIpc) is 3.32. The predicted molar refractivity (Wildman–Crippen MR) is 85.0 cm³/mol. The smallest absolute Gasteiger partial charge is 0.253 e. The Hall–Kier alpha value is -2.24. The van der Waals surface area contributed by atoms with Crippen molar-refractivity contribution in [1.82, 2.24) is 25.5 Å². The van der Waals surface area contributed by atoms with E-state index in [-0.39, 0.29) is 11.9 Å². The Bertz CT molecular complexity index is 699. The zero-order valence-corrected chi connectivity index (χ0v) is 13.2. The number of carbonyl (C=O) groups is 1. The molecular formula is C17H21N5O. The molecule has 2 aromatic rings. The maximum Gasteiger partial charge on any atom is 0.253 e. The van der Waals surface area contributed by atoms with Crippen LogP contribution in [0.15, 0.2) is 30.6 Å². The van der Waals surface area contributed by atoms with E-state index in [9.17, 15) is 4.79 Å². The monoisotopic (exact) mass is 311 g/mol. The molecule has 0 aliphatic heterocycles. The number of hydrogen-bond acceptors (Lipinski definition) is 4. The van der Waals surface area contributed by atoms with Gasteiger partial charge in [-0.25, -0.2) is 0 Å². The van der Waals surface area contributed by atoms with Crippen LogP contribution in [0.4, 0.5) is 0 Å². The predicted octanol–water partition coefficient (Wildman–Crippen LogP) is 2.22. The number of hydrogen-bond donors (Lipinski definition) is 1. The molecule has 120 valence electrons. The second kappa shape index (κ2) is 5.76. The number of nitrogens with one attached hydrogen (secondary N) is 1. The van der Waals surface area contributed by atoms with Crippen molar-refractivity contribution < 1.29 is 4.79 Å². The van der Waals surface area contributed by atoms with Crippen LogP contribution in [-0.2, 0) is 0 Å². The van der Waals surface area contributed by atoms with Crippen molar-refractivity contribution in [3.63, 3.8) is 0 Å². The molecule has 1 N–H and O–H groups in total. The molecule has 23 heavy (non-hydrogen) atoms. The van der Waals surface area contributed by atoms with E-state index in [1.165, 1.54) is 36.7 Å². The molecular weight excluding hydrogens is 290 g/mol. The molecule has 1 aromatic carbocycles.